The Kier molecular flexibility index (Phi) is 5.12. The number of para-hydroxylation sites is 1. The summed E-state index contributed by atoms with van der Waals surface area (Å²) in [5, 5.41) is 0. The van der Waals surface area contributed by atoms with E-state index in [0.29, 0.717) is 12.2 Å². The fourth-order valence-corrected chi connectivity index (χ4v) is 2.37. The number of aromatic nitrogens is 2. The van der Waals surface area contributed by atoms with Crippen LogP contribution in [0.5, 0.6) is 0 Å². The van der Waals surface area contributed by atoms with Gasteiger partial charge in [-0.1, -0.05) is 26.0 Å². The highest BCUT2D eigenvalue weighted by molar-refractivity contribution is 6.17. The Hall–Kier alpha value is -1.68. The van der Waals surface area contributed by atoms with Crippen LogP contribution in [0.3, 0.4) is 0 Å². The standard InChI is InChI=1S/C16H19ClFN3/c1-4-21(14-8-6-5-7-12(14)18)15-10-19-16(11(2)3)20-13(15)9-17/h5-8,10-11H,4,9H2,1-3H3. The van der Waals surface area contributed by atoms with E-state index < -0.39 is 0 Å². The van der Waals surface area contributed by atoms with E-state index in [1.807, 2.05) is 31.7 Å². The minimum atomic E-state index is -0.271. The van der Waals surface area contributed by atoms with Crippen LogP contribution < -0.4 is 4.90 Å². The molecule has 0 aliphatic rings. The summed E-state index contributed by atoms with van der Waals surface area (Å²) >= 11 is 6.03. The van der Waals surface area contributed by atoms with Gasteiger partial charge < -0.3 is 4.90 Å². The van der Waals surface area contributed by atoms with Crippen molar-refractivity contribution in [2.45, 2.75) is 32.6 Å². The van der Waals surface area contributed by atoms with Crippen LogP contribution in [0.15, 0.2) is 30.5 Å². The first kappa shape index (κ1) is 15.7. The normalized spacial score (nSPS) is 11.0. The van der Waals surface area contributed by atoms with Crippen LogP contribution in [-0.2, 0) is 5.88 Å². The van der Waals surface area contributed by atoms with Gasteiger partial charge in [0.05, 0.1) is 29.1 Å². The molecule has 21 heavy (non-hydrogen) atoms. The monoisotopic (exact) mass is 307 g/mol. The maximum atomic E-state index is 14.0. The second-order valence-electron chi connectivity index (χ2n) is 5.04. The molecule has 0 spiro atoms. The Morgan fingerprint density at radius 2 is 1.95 bits per heavy atom. The molecule has 0 aliphatic carbocycles. The first-order valence-corrected chi connectivity index (χ1v) is 7.55. The lowest BCUT2D eigenvalue weighted by atomic mass is 10.2. The summed E-state index contributed by atoms with van der Waals surface area (Å²) in [6.45, 7) is 6.62. The minimum Gasteiger partial charge on any atom is -0.337 e. The lowest BCUT2D eigenvalue weighted by molar-refractivity contribution is 0.625. The second-order valence-corrected chi connectivity index (χ2v) is 5.31. The van der Waals surface area contributed by atoms with Crippen LogP contribution in [0.1, 0.15) is 38.2 Å². The first-order chi connectivity index (χ1) is 10.1. The van der Waals surface area contributed by atoms with Crippen molar-refractivity contribution in [2.24, 2.45) is 0 Å². The van der Waals surface area contributed by atoms with Gasteiger partial charge in [0.15, 0.2) is 0 Å². The van der Waals surface area contributed by atoms with Gasteiger partial charge in [-0.15, -0.1) is 11.6 Å². The summed E-state index contributed by atoms with van der Waals surface area (Å²) < 4.78 is 14.0. The first-order valence-electron chi connectivity index (χ1n) is 7.02. The van der Waals surface area contributed by atoms with E-state index in [-0.39, 0.29) is 17.6 Å². The third-order valence-electron chi connectivity index (χ3n) is 3.26. The SMILES string of the molecule is CCN(c1ccccc1F)c1cnc(C(C)C)nc1CCl. The lowest BCUT2D eigenvalue weighted by Gasteiger charge is -2.25. The lowest BCUT2D eigenvalue weighted by Crippen LogP contribution is -2.20. The number of alkyl halides is 1. The van der Waals surface area contributed by atoms with Gasteiger partial charge in [0.2, 0.25) is 0 Å². The predicted octanol–water partition coefficient (Wildman–Crippen LogP) is 4.64. The third-order valence-corrected chi connectivity index (χ3v) is 3.51. The zero-order valence-electron chi connectivity index (χ0n) is 12.5. The quantitative estimate of drug-likeness (QED) is 0.754. The molecule has 0 unspecified atom stereocenters. The van der Waals surface area contributed by atoms with Crippen LogP contribution in [0.25, 0.3) is 0 Å². The number of rotatable bonds is 5. The van der Waals surface area contributed by atoms with Gasteiger partial charge >= 0.3 is 0 Å². The number of hydrogen-bond donors (Lipinski definition) is 0. The van der Waals surface area contributed by atoms with Gasteiger partial charge in [-0.2, -0.15) is 0 Å². The van der Waals surface area contributed by atoms with Crippen molar-refractivity contribution in [3.8, 4) is 0 Å². The molecule has 0 amide bonds. The van der Waals surface area contributed by atoms with Crippen molar-refractivity contribution in [2.75, 3.05) is 11.4 Å². The zero-order valence-corrected chi connectivity index (χ0v) is 13.2. The Morgan fingerprint density at radius 1 is 1.24 bits per heavy atom. The van der Waals surface area contributed by atoms with Crippen LogP contribution in [-0.4, -0.2) is 16.5 Å². The summed E-state index contributed by atoms with van der Waals surface area (Å²) in [5.74, 6) is 0.971. The number of benzene rings is 1. The molecule has 0 atom stereocenters. The molecule has 2 rings (SSSR count). The maximum Gasteiger partial charge on any atom is 0.146 e. The van der Waals surface area contributed by atoms with Gasteiger partial charge in [0.25, 0.3) is 0 Å². The van der Waals surface area contributed by atoms with Crippen molar-refractivity contribution < 1.29 is 4.39 Å². The van der Waals surface area contributed by atoms with E-state index in [0.717, 1.165) is 17.2 Å². The second kappa shape index (κ2) is 6.85. The van der Waals surface area contributed by atoms with Gasteiger partial charge in [-0.3, -0.25) is 0 Å². The van der Waals surface area contributed by atoms with E-state index in [1.165, 1.54) is 6.07 Å². The molecule has 0 bridgehead atoms. The molecule has 1 aromatic carbocycles. The van der Waals surface area contributed by atoms with Crippen LogP contribution >= 0.6 is 11.6 Å². The van der Waals surface area contributed by atoms with Crippen LogP contribution in [0.4, 0.5) is 15.8 Å². The van der Waals surface area contributed by atoms with Gasteiger partial charge in [-0.25, -0.2) is 14.4 Å². The molecule has 1 heterocycles. The summed E-state index contributed by atoms with van der Waals surface area (Å²) in [6, 6.07) is 6.67. The molecule has 0 aliphatic heterocycles. The molecule has 0 N–H and O–H groups in total. The molecule has 5 heteroatoms. The number of halogens is 2. The molecule has 0 fully saturated rings. The van der Waals surface area contributed by atoms with Crippen molar-refractivity contribution >= 4 is 23.0 Å². The third kappa shape index (κ3) is 3.32. The molecule has 2 aromatic rings. The average molecular weight is 308 g/mol. The Balaban J connectivity index is 2.50. The number of anilines is 2. The minimum absolute atomic E-state index is 0.226. The fraction of sp³-hybridized carbons (Fsp3) is 0.375. The highest BCUT2D eigenvalue weighted by atomic mass is 35.5. The topological polar surface area (TPSA) is 29.0 Å². The van der Waals surface area contributed by atoms with Crippen molar-refractivity contribution in [3.63, 3.8) is 0 Å². The molecule has 0 saturated carbocycles. The highest BCUT2D eigenvalue weighted by Gasteiger charge is 2.17. The highest BCUT2D eigenvalue weighted by Crippen LogP contribution is 2.30. The van der Waals surface area contributed by atoms with Gasteiger partial charge in [0, 0.05) is 12.5 Å². The smallest absolute Gasteiger partial charge is 0.146 e. The van der Waals surface area contributed by atoms with Crippen molar-refractivity contribution in [1.29, 1.82) is 0 Å². The maximum absolute atomic E-state index is 14.0. The number of nitrogens with zero attached hydrogens (tertiary/aromatic N) is 3. The van der Waals surface area contributed by atoms with Crippen LogP contribution in [0.2, 0.25) is 0 Å². The molecule has 0 radical (unpaired) electrons. The van der Waals surface area contributed by atoms with E-state index in [1.54, 1.807) is 18.3 Å². The molecular weight excluding hydrogens is 289 g/mol. The van der Waals surface area contributed by atoms with Crippen molar-refractivity contribution in [3.05, 3.63) is 47.8 Å². The Morgan fingerprint density at radius 3 is 2.52 bits per heavy atom. The zero-order chi connectivity index (χ0) is 15.4. The Bertz CT molecular complexity index is 616. The molecule has 112 valence electrons. The van der Waals surface area contributed by atoms with Crippen molar-refractivity contribution in [1.82, 2.24) is 9.97 Å². The molecule has 3 nitrogen and oxygen atoms in total. The summed E-state index contributed by atoms with van der Waals surface area (Å²) in [6.07, 6.45) is 1.73. The van der Waals surface area contributed by atoms with E-state index in [4.69, 9.17) is 11.6 Å². The van der Waals surface area contributed by atoms with E-state index in [2.05, 4.69) is 9.97 Å². The van der Waals surface area contributed by atoms with Gasteiger partial charge in [0.1, 0.15) is 11.6 Å². The molecule has 1 aromatic heterocycles. The summed E-state index contributed by atoms with van der Waals surface area (Å²) in [5.41, 5.74) is 1.98. The molecule has 0 saturated heterocycles. The summed E-state index contributed by atoms with van der Waals surface area (Å²) in [7, 11) is 0. The van der Waals surface area contributed by atoms with E-state index >= 15 is 0 Å². The molecular formula is C16H19ClFN3. The number of hydrogen-bond acceptors (Lipinski definition) is 3. The Labute approximate surface area is 129 Å². The fourth-order valence-electron chi connectivity index (χ4n) is 2.17. The summed E-state index contributed by atoms with van der Waals surface area (Å²) in [4.78, 5) is 10.7. The largest absolute Gasteiger partial charge is 0.337 e. The van der Waals surface area contributed by atoms with E-state index in [9.17, 15) is 4.39 Å². The van der Waals surface area contributed by atoms with Crippen LogP contribution in [0, 0.1) is 5.82 Å². The average Bonchev–Trinajstić information content (AvgIpc) is 2.49. The predicted molar refractivity (Wildman–Crippen MR) is 84.8 cm³/mol. The van der Waals surface area contributed by atoms with Gasteiger partial charge in [-0.05, 0) is 19.1 Å².